The molecule has 0 bridgehead atoms. The van der Waals surface area contributed by atoms with Gasteiger partial charge in [0.2, 0.25) is 0 Å². The molecule has 2 unspecified atom stereocenters. The van der Waals surface area contributed by atoms with E-state index in [-0.39, 0.29) is 0 Å². The van der Waals surface area contributed by atoms with Gasteiger partial charge in [0.25, 0.3) is 0 Å². The highest BCUT2D eigenvalue weighted by Gasteiger charge is 2.27. The highest BCUT2D eigenvalue weighted by molar-refractivity contribution is 7.09. The lowest BCUT2D eigenvalue weighted by Crippen LogP contribution is -2.40. The van der Waals surface area contributed by atoms with Crippen LogP contribution < -0.4 is 5.73 Å². The molecule has 0 radical (unpaired) electrons. The second-order valence-electron chi connectivity index (χ2n) is 3.56. The maximum absolute atomic E-state index is 5.85. The molecule has 2 atom stereocenters. The maximum Gasteiger partial charge on any atom is 0.0897 e. The van der Waals surface area contributed by atoms with Crippen molar-refractivity contribution in [3.8, 4) is 0 Å². The smallest absolute Gasteiger partial charge is 0.0897 e. The molecule has 2 rings (SSSR count). The van der Waals surface area contributed by atoms with Crippen LogP contribution in [0.25, 0.3) is 0 Å². The van der Waals surface area contributed by atoms with Crippen molar-refractivity contribution >= 4 is 11.3 Å². The first-order chi connectivity index (χ1) is 5.75. The van der Waals surface area contributed by atoms with Gasteiger partial charge in [-0.3, -0.25) is 0 Å². The summed E-state index contributed by atoms with van der Waals surface area (Å²) in [6.45, 7) is 2.05. The summed E-state index contributed by atoms with van der Waals surface area (Å²) in [7, 11) is 0. The molecule has 2 N–H and O–H groups in total. The predicted molar refractivity (Wildman–Crippen MR) is 51.3 cm³/mol. The third kappa shape index (κ3) is 1.52. The van der Waals surface area contributed by atoms with Crippen LogP contribution in [0.3, 0.4) is 0 Å². The van der Waals surface area contributed by atoms with Crippen molar-refractivity contribution in [3.05, 3.63) is 16.1 Å². The largest absolute Gasteiger partial charge is 0.327 e. The van der Waals surface area contributed by atoms with Gasteiger partial charge in [-0.25, -0.2) is 4.98 Å². The van der Waals surface area contributed by atoms with E-state index in [1.807, 2.05) is 0 Å². The molecule has 1 fully saturated rings. The van der Waals surface area contributed by atoms with Gasteiger partial charge in [0.15, 0.2) is 0 Å². The molecule has 0 spiro atoms. The topological polar surface area (TPSA) is 38.9 Å². The van der Waals surface area contributed by atoms with Crippen molar-refractivity contribution in [1.82, 2.24) is 4.98 Å². The first-order valence-electron chi connectivity index (χ1n) is 4.42. The van der Waals surface area contributed by atoms with E-state index in [0.29, 0.717) is 12.0 Å². The molecule has 1 aromatic heterocycles. The normalized spacial score (nSPS) is 28.5. The third-order valence-electron chi connectivity index (χ3n) is 2.61. The molecule has 0 aromatic carbocycles. The summed E-state index contributed by atoms with van der Waals surface area (Å²) in [5.41, 5.74) is 7.09. The van der Waals surface area contributed by atoms with Crippen LogP contribution in [0.5, 0.6) is 0 Å². The van der Waals surface area contributed by atoms with Crippen LogP contribution in [0, 0.1) is 12.8 Å². The SMILES string of the molecule is Cc1nc(CC2CCC2N)cs1. The molecule has 66 valence electrons. The number of aryl methyl sites for hydroxylation is 1. The van der Waals surface area contributed by atoms with E-state index in [1.54, 1.807) is 11.3 Å². The van der Waals surface area contributed by atoms with Crippen molar-refractivity contribution in [1.29, 1.82) is 0 Å². The zero-order valence-electron chi connectivity index (χ0n) is 7.29. The minimum Gasteiger partial charge on any atom is -0.327 e. The Hall–Kier alpha value is -0.410. The number of hydrogen-bond donors (Lipinski definition) is 1. The fraction of sp³-hybridized carbons (Fsp3) is 0.667. The summed E-state index contributed by atoms with van der Waals surface area (Å²) >= 11 is 1.73. The summed E-state index contributed by atoms with van der Waals surface area (Å²) in [4.78, 5) is 4.43. The van der Waals surface area contributed by atoms with Gasteiger partial charge < -0.3 is 5.73 Å². The molecule has 3 heteroatoms. The molecule has 1 saturated carbocycles. The maximum atomic E-state index is 5.85. The first kappa shape index (κ1) is 8.20. The van der Waals surface area contributed by atoms with Crippen LogP contribution >= 0.6 is 11.3 Å². The second kappa shape index (κ2) is 3.15. The molecule has 1 aromatic rings. The third-order valence-corrected chi connectivity index (χ3v) is 3.44. The van der Waals surface area contributed by atoms with Crippen LogP contribution in [0.2, 0.25) is 0 Å². The predicted octanol–water partition coefficient (Wildman–Crippen LogP) is 1.73. The van der Waals surface area contributed by atoms with Gasteiger partial charge in [-0.2, -0.15) is 0 Å². The summed E-state index contributed by atoms with van der Waals surface area (Å²) in [5, 5.41) is 3.32. The van der Waals surface area contributed by atoms with Crippen LogP contribution in [0.15, 0.2) is 5.38 Å². The Morgan fingerprint density at radius 2 is 2.50 bits per heavy atom. The minimum atomic E-state index is 0.437. The van der Waals surface area contributed by atoms with Gasteiger partial charge in [0.05, 0.1) is 10.7 Å². The van der Waals surface area contributed by atoms with E-state index >= 15 is 0 Å². The van der Waals surface area contributed by atoms with Gasteiger partial charge in [0.1, 0.15) is 0 Å². The number of nitrogens with two attached hydrogens (primary N) is 1. The van der Waals surface area contributed by atoms with Crippen LogP contribution in [0.4, 0.5) is 0 Å². The lowest BCUT2D eigenvalue weighted by atomic mass is 9.77. The molecule has 0 amide bonds. The van der Waals surface area contributed by atoms with Crippen LogP contribution in [0.1, 0.15) is 23.5 Å². The van der Waals surface area contributed by atoms with Gasteiger partial charge in [-0.15, -0.1) is 11.3 Å². The second-order valence-corrected chi connectivity index (χ2v) is 4.63. The lowest BCUT2D eigenvalue weighted by molar-refractivity contribution is 0.254. The lowest BCUT2D eigenvalue weighted by Gasteiger charge is -2.32. The molecule has 1 heterocycles. The van der Waals surface area contributed by atoms with Gasteiger partial charge in [-0.05, 0) is 32.1 Å². The number of thiazole rings is 1. The average Bonchev–Trinajstić information content (AvgIpc) is 2.44. The molecule has 0 aliphatic heterocycles. The average molecular weight is 182 g/mol. The number of nitrogens with zero attached hydrogens (tertiary/aromatic N) is 1. The molecular weight excluding hydrogens is 168 g/mol. The highest BCUT2D eigenvalue weighted by atomic mass is 32.1. The molecule has 1 aliphatic rings. The van der Waals surface area contributed by atoms with Crippen molar-refractivity contribution in [2.24, 2.45) is 11.7 Å². The first-order valence-corrected chi connectivity index (χ1v) is 5.30. The molecule has 2 nitrogen and oxygen atoms in total. The van der Waals surface area contributed by atoms with Crippen molar-refractivity contribution in [3.63, 3.8) is 0 Å². The monoisotopic (exact) mass is 182 g/mol. The van der Waals surface area contributed by atoms with E-state index in [4.69, 9.17) is 5.73 Å². The van der Waals surface area contributed by atoms with E-state index < -0.39 is 0 Å². The fourth-order valence-corrected chi connectivity index (χ4v) is 2.24. The van der Waals surface area contributed by atoms with Gasteiger partial charge in [0, 0.05) is 11.4 Å². The van der Waals surface area contributed by atoms with E-state index in [2.05, 4.69) is 17.3 Å². The number of rotatable bonds is 2. The Morgan fingerprint density at radius 3 is 2.92 bits per heavy atom. The Bertz CT molecular complexity index is 269. The summed E-state index contributed by atoms with van der Waals surface area (Å²) in [6.07, 6.45) is 3.58. The van der Waals surface area contributed by atoms with Crippen molar-refractivity contribution in [2.75, 3.05) is 0 Å². The standard InChI is InChI=1S/C9H14N2S/c1-6-11-8(5-12-6)4-7-2-3-9(7)10/h5,7,9H,2-4,10H2,1H3. The molecule has 1 aliphatic carbocycles. The van der Waals surface area contributed by atoms with E-state index in [9.17, 15) is 0 Å². The summed E-state index contributed by atoms with van der Waals surface area (Å²) in [6, 6.07) is 0.437. The number of aromatic nitrogens is 1. The summed E-state index contributed by atoms with van der Waals surface area (Å²) in [5.74, 6) is 0.700. The van der Waals surface area contributed by atoms with Gasteiger partial charge >= 0.3 is 0 Å². The van der Waals surface area contributed by atoms with Gasteiger partial charge in [-0.1, -0.05) is 0 Å². The Morgan fingerprint density at radius 1 is 1.67 bits per heavy atom. The minimum absolute atomic E-state index is 0.437. The van der Waals surface area contributed by atoms with Crippen LogP contribution in [-0.4, -0.2) is 11.0 Å². The Labute approximate surface area is 76.8 Å². The highest BCUT2D eigenvalue weighted by Crippen LogP contribution is 2.29. The van der Waals surface area contributed by atoms with E-state index in [1.165, 1.54) is 18.5 Å². The van der Waals surface area contributed by atoms with E-state index in [0.717, 1.165) is 11.4 Å². The Kier molecular flexibility index (Phi) is 2.15. The quantitative estimate of drug-likeness (QED) is 0.756. The molecular formula is C9H14N2S. The zero-order valence-corrected chi connectivity index (χ0v) is 8.10. The van der Waals surface area contributed by atoms with Crippen molar-refractivity contribution < 1.29 is 0 Å². The Balaban J connectivity index is 1.95. The number of hydrogen-bond acceptors (Lipinski definition) is 3. The molecule has 12 heavy (non-hydrogen) atoms. The van der Waals surface area contributed by atoms with Crippen LogP contribution in [-0.2, 0) is 6.42 Å². The zero-order chi connectivity index (χ0) is 8.55. The molecule has 0 saturated heterocycles. The summed E-state index contributed by atoms with van der Waals surface area (Å²) < 4.78 is 0. The van der Waals surface area contributed by atoms with Crippen molar-refractivity contribution in [2.45, 2.75) is 32.2 Å². The fourth-order valence-electron chi connectivity index (χ4n) is 1.62.